The molecule has 1 aliphatic heterocycles. The first-order valence-electron chi connectivity index (χ1n) is 6.12. The molecule has 1 nitrogen and oxygen atoms in total. The first-order chi connectivity index (χ1) is 6.83. The molecule has 1 saturated carbocycles. The molecule has 0 aromatic carbocycles. The van der Waals surface area contributed by atoms with E-state index in [9.17, 15) is 0 Å². The minimum atomic E-state index is 0.503. The second-order valence-corrected chi connectivity index (χ2v) is 5.81. The van der Waals surface area contributed by atoms with Gasteiger partial charge in [-0.1, -0.05) is 48.5 Å². The summed E-state index contributed by atoms with van der Waals surface area (Å²) in [4.78, 5) is 0.638. The maximum Gasteiger partial charge on any atom is 0.0707 e. The number of hydrogen-bond donors (Lipinski definition) is 0. The Morgan fingerprint density at radius 1 is 1.29 bits per heavy atom. The quantitative estimate of drug-likeness (QED) is 0.700. The number of hydrogen-bond acceptors (Lipinski definition) is 1. The summed E-state index contributed by atoms with van der Waals surface area (Å²) in [6, 6.07) is 0. The van der Waals surface area contributed by atoms with Gasteiger partial charge in [-0.3, -0.25) is 0 Å². The van der Waals surface area contributed by atoms with Crippen molar-refractivity contribution in [2.75, 3.05) is 0 Å². The molecule has 0 radical (unpaired) electrons. The van der Waals surface area contributed by atoms with Gasteiger partial charge in [-0.15, -0.1) is 0 Å². The predicted molar refractivity (Wildman–Crippen MR) is 62.9 cm³/mol. The van der Waals surface area contributed by atoms with E-state index in [-0.39, 0.29) is 0 Å². The van der Waals surface area contributed by atoms with E-state index in [4.69, 9.17) is 4.74 Å². The molecule has 0 N–H and O–H groups in total. The fourth-order valence-corrected chi connectivity index (χ4v) is 3.86. The van der Waals surface area contributed by atoms with Gasteiger partial charge in [-0.2, -0.15) is 0 Å². The molecule has 0 amide bonds. The van der Waals surface area contributed by atoms with Crippen LogP contribution in [-0.4, -0.2) is 17.0 Å². The molecule has 1 heterocycles. The Hall–Kier alpha value is 0.440. The van der Waals surface area contributed by atoms with E-state index in [0.717, 1.165) is 5.92 Å². The van der Waals surface area contributed by atoms with E-state index < -0.39 is 0 Å². The molecule has 2 fully saturated rings. The maximum absolute atomic E-state index is 6.13. The standard InChI is InChI=1S/C12H21BrO/c1-2-3-7-11-12(13)9-6-4-5-8-10(9)14-11/h9-12H,2-8H2,1H3/t9-,10-,11-,12+/m0/s1. The lowest BCUT2D eigenvalue weighted by molar-refractivity contribution is 0.0153. The molecule has 0 aromatic rings. The topological polar surface area (TPSA) is 9.23 Å². The van der Waals surface area contributed by atoms with E-state index in [1.807, 2.05) is 0 Å². The van der Waals surface area contributed by atoms with E-state index in [2.05, 4.69) is 22.9 Å². The Morgan fingerprint density at radius 3 is 2.79 bits per heavy atom. The zero-order valence-corrected chi connectivity index (χ0v) is 10.6. The Bertz CT molecular complexity index is 183. The van der Waals surface area contributed by atoms with Crippen molar-refractivity contribution in [3.05, 3.63) is 0 Å². The van der Waals surface area contributed by atoms with Gasteiger partial charge in [-0.05, 0) is 19.3 Å². The van der Waals surface area contributed by atoms with Gasteiger partial charge in [-0.25, -0.2) is 0 Å². The monoisotopic (exact) mass is 260 g/mol. The molecular weight excluding hydrogens is 240 g/mol. The molecule has 0 aromatic heterocycles. The lowest BCUT2D eigenvalue weighted by atomic mass is 9.85. The molecule has 1 aliphatic carbocycles. The summed E-state index contributed by atoms with van der Waals surface area (Å²) < 4.78 is 6.13. The number of alkyl halides is 1. The van der Waals surface area contributed by atoms with Gasteiger partial charge in [0, 0.05) is 10.7 Å². The van der Waals surface area contributed by atoms with Gasteiger partial charge in [0.05, 0.1) is 12.2 Å². The second kappa shape index (κ2) is 4.98. The SMILES string of the molecule is CCCC[C@@H]1O[C@H]2CCCC[C@@H]2[C@H]1Br. The van der Waals surface area contributed by atoms with Gasteiger partial charge in [0.15, 0.2) is 0 Å². The molecule has 4 atom stereocenters. The van der Waals surface area contributed by atoms with Crippen molar-refractivity contribution >= 4 is 15.9 Å². The molecule has 2 heteroatoms. The van der Waals surface area contributed by atoms with Gasteiger partial charge in [0.2, 0.25) is 0 Å². The number of halogens is 1. The fourth-order valence-electron chi connectivity index (χ4n) is 2.87. The summed E-state index contributed by atoms with van der Waals surface area (Å²) in [6.45, 7) is 2.26. The molecule has 14 heavy (non-hydrogen) atoms. The minimum absolute atomic E-state index is 0.503. The zero-order chi connectivity index (χ0) is 9.97. The van der Waals surface area contributed by atoms with Crippen LogP contribution >= 0.6 is 15.9 Å². The van der Waals surface area contributed by atoms with Crippen molar-refractivity contribution in [2.45, 2.75) is 68.9 Å². The van der Waals surface area contributed by atoms with Gasteiger partial charge in [0.25, 0.3) is 0 Å². The molecule has 0 bridgehead atoms. The van der Waals surface area contributed by atoms with Crippen LogP contribution < -0.4 is 0 Å². The van der Waals surface area contributed by atoms with Crippen molar-refractivity contribution < 1.29 is 4.74 Å². The zero-order valence-electron chi connectivity index (χ0n) is 9.05. The molecule has 0 unspecified atom stereocenters. The van der Waals surface area contributed by atoms with Gasteiger partial charge < -0.3 is 4.74 Å². The highest BCUT2D eigenvalue weighted by molar-refractivity contribution is 9.09. The summed E-state index contributed by atoms with van der Waals surface area (Å²) in [6.07, 6.45) is 10.4. The maximum atomic E-state index is 6.13. The Labute approximate surface area is 95.7 Å². The van der Waals surface area contributed by atoms with E-state index in [0.29, 0.717) is 17.0 Å². The van der Waals surface area contributed by atoms with Crippen molar-refractivity contribution in [3.63, 3.8) is 0 Å². The van der Waals surface area contributed by atoms with Crippen molar-refractivity contribution in [1.29, 1.82) is 0 Å². The Morgan fingerprint density at radius 2 is 2.07 bits per heavy atom. The third kappa shape index (κ3) is 2.16. The van der Waals surface area contributed by atoms with Crippen LogP contribution in [0.3, 0.4) is 0 Å². The summed E-state index contributed by atoms with van der Waals surface area (Å²) in [5.41, 5.74) is 0. The molecule has 1 saturated heterocycles. The largest absolute Gasteiger partial charge is 0.373 e. The average Bonchev–Trinajstić information content (AvgIpc) is 2.54. The van der Waals surface area contributed by atoms with Crippen LogP contribution in [0.4, 0.5) is 0 Å². The van der Waals surface area contributed by atoms with E-state index >= 15 is 0 Å². The Kier molecular flexibility index (Phi) is 3.89. The van der Waals surface area contributed by atoms with Crippen LogP contribution in [0.5, 0.6) is 0 Å². The van der Waals surface area contributed by atoms with Gasteiger partial charge in [0.1, 0.15) is 0 Å². The van der Waals surface area contributed by atoms with Crippen LogP contribution in [0.15, 0.2) is 0 Å². The summed E-state index contributed by atoms with van der Waals surface area (Å²) in [5, 5.41) is 0. The first kappa shape index (κ1) is 10.9. The summed E-state index contributed by atoms with van der Waals surface area (Å²) >= 11 is 3.85. The molecule has 2 rings (SSSR count). The summed E-state index contributed by atoms with van der Waals surface area (Å²) in [5.74, 6) is 0.811. The Balaban J connectivity index is 1.89. The van der Waals surface area contributed by atoms with Crippen molar-refractivity contribution in [1.82, 2.24) is 0 Å². The van der Waals surface area contributed by atoms with Gasteiger partial charge >= 0.3 is 0 Å². The third-order valence-electron chi connectivity index (χ3n) is 3.71. The highest BCUT2D eigenvalue weighted by Gasteiger charge is 2.43. The molecule has 2 aliphatic rings. The predicted octanol–water partition coefficient (Wildman–Crippen LogP) is 3.90. The molecule has 0 spiro atoms. The number of rotatable bonds is 3. The normalized spacial score (nSPS) is 42.4. The smallest absolute Gasteiger partial charge is 0.0707 e. The van der Waals surface area contributed by atoms with Crippen molar-refractivity contribution in [3.8, 4) is 0 Å². The van der Waals surface area contributed by atoms with E-state index in [1.165, 1.54) is 44.9 Å². The van der Waals surface area contributed by atoms with Crippen LogP contribution in [0.2, 0.25) is 0 Å². The fraction of sp³-hybridized carbons (Fsp3) is 1.00. The van der Waals surface area contributed by atoms with Crippen LogP contribution in [-0.2, 0) is 4.74 Å². The highest BCUT2D eigenvalue weighted by Crippen LogP contribution is 2.42. The lowest BCUT2D eigenvalue weighted by Crippen LogP contribution is -2.25. The lowest BCUT2D eigenvalue weighted by Gasteiger charge is -2.24. The van der Waals surface area contributed by atoms with Crippen LogP contribution in [0.25, 0.3) is 0 Å². The van der Waals surface area contributed by atoms with Crippen LogP contribution in [0, 0.1) is 5.92 Å². The molecule has 82 valence electrons. The first-order valence-corrected chi connectivity index (χ1v) is 7.04. The highest BCUT2D eigenvalue weighted by atomic mass is 79.9. The number of unbranched alkanes of at least 4 members (excludes halogenated alkanes) is 1. The third-order valence-corrected chi connectivity index (χ3v) is 4.98. The second-order valence-electron chi connectivity index (χ2n) is 4.75. The number of ether oxygens (including phenoxy) is 1. The average molecular weight is 261 g/mol. The molecular formula is C12H21BrO. The summed E-state index contributed by atoms with van der Waals surface area (Å²) in [7, 11) is 0. The van der Waals surface area contributed by atoms with E-state index in [1.54, 1.807) is 0 Å². The number of fused-ring (bicyclic) bond motifs is 1. The van der Waals surface area contributed by atoms with Crippen LogP contribution in [0.1, 0.15) is 51.9 Å². The van der Waals surface area contributed by atoms with Crippen molar-refractivity contribution in [2.24, 2.45) is 5.92 Å². The minimum Gasteiger partial charge on any atom is -0.373 e.